The number of nitrogens with zero attached hydrogens (tertiary/aromatic N) is 1. The van der Waals surface area contributed by atoms with E-state index in [0.717, 1.165) is 24.1 Å². The fraction of sp³-hybridized carbons (Fsp3) is 0.632. The van der Waals surface area contributed by atoms with E-state index in [2.05, 4.69) is 70.4 Å². The summed E-state index contributed by atoms with van der Waals surface area (Å²) in [6.07, 6.45) is 2.05. The molecule has 1 aromatic rings. The summed E-state index contributed by atoms with van der Waals surface area (Å²) in [5.74, 6) is 0. The van der Waals surface area contributed by atoms with Crippen LogP contribution < -0.4 is 10.6 Å². The van der Waals surface area contributed by atoms with Crippen LogP contribution in [0.2, 0.25) is 0 Å². The van der Waals surface area contributed by atoms with Gasteiger partial charge < -0.3 is 5.32 Å². The molecular formula is C19H31N2O. The highest BCUT2D eigenvalue weighted by atomic mass is 16.2. The summed E-state index contributed by atoms with van der Waals surface area (Å²) in [5, 5.41) is 7.08. The average Bonchev–Trinajstić information content (AvgIpc) is 2.47. The van der Waals surface area contributed by atoms with Crippen LogP contribution in [0.25, 0.3) is 0 Å². The van der Waals surface area contributed by atoms with Gasteiger partial charge in [0.15, 0.2) is 0 Å². The number of hydrogen-bond donors (Lipinski definition) is 1. The van der Waals surface area contributed by atoms with Crippen molar-refractivity contribution >= 4 is 11.7 Å². The molecule has 22 heavy (non-hydrogen) atoms. The molecule has 123 valence electrons. The average molecular weight is 303 g/mol. The zero-order valence-electron chi connectivity index (χ0n) is 15.2. The summed E-state index contributed by atoms with van der Waals surface area (Å²) in [4.78, 5) is 11.9. The first-order valence-corrected chi connectivity index (χ1v) is 8.32. The predicted molar refractivity (Wildman–Crippen MR) is 93.9 cm³/mol. The molecule has 0 aliphatic rings. The van der Waals surface area contributed by atoms with Crippen molar-refractivity contribution in [1.29, 1.82) is 0 Å². The molecule has 0 aliphatic heterocycles. The quantitative estimate of drug-likeness (QED) is 0.787. The molecule has 1 radical (unpaired) electrons. The summed E-state index contributed by atoms with van der Waals surface area (Å²) in [7, 11) is 0. The van der Waals surface area contributed by atoms with Gasteiger partial charge >= 0.3 is 6.03 Å². The van der Waals surface area contributed by atoms with Crippen molar-refractivity contribution in [3.05, 3.63) is 29.3 Å². The van der Waals surface area contributed by atoms with Gasteiger partial charge in [0, 0.05) is 6.54 Å². The first-order chi connectivity index (χ1) is 10.2. The third-order valence-electron chi connectivity index (χ3n) is 4.83. The molecule has 1 aromatic carbocycles. The fourth-order valence-electron chi connectivity index (χ4n) is 2.31. The van der Waals surface area contributed by atoms with Gasteiger partial charge in [0.25, 0.3) is 0 Å². The van der Waals surface area contributed by atoms with Crippen LogP contribution in [0.1, 0.15) is 72.4 Å². The van der Waals surface area contributed by atoms with Crippen molar-refractivity contribution in [3.8, 4) is 0 Å². The molecule has 0 saturated heterocycles. The molecule has 0 aliphatic carbocycles. The highest BCUT2D eigenvalue weighted by Crippen LogP contribution is 2.37. The van der Waals surface area contributed by atoms with Gasteiger partial charge in [0.2, 0.25) is 0 Å². The van der Waals surface area contributed by atoms with Crippen LogP contribution in [0.3, 0.4) is 0 Å². The van der Waals surface area contributed by atoms with Gasteiger partial charge in [-0.3, -0.25) is 0 Å². The highest BCUT2D eigenvalue weighted by Gasteiger charge is 2.26. The number of benzene rings is 1. The molecule has 0 bridgehead atoms. The molecule has 3 heteroatoms. The first kappa shape index (κ1) is 18.5. The number of rotatable bonds is 6. The van der Waals surface area contributed by atoms with Crippen LogP contribution in [0.5, 0.6) is 0 Å². The summed E-state index contributed by atoms with van der Waals surface area (Å²) in [6, 6.07) is 6.16. The standard InChI is InChI=1S/C19H31N2O/c1-8-18(4,5)14-11-12-15(19(6,7)9-2)16(13-14)21-17(22)20-10-3/h11-13H,8-10H2,1-7H3,(H,20,22). The molecule has 3 nitrogen and oxygen atoms in total. The van der Waals surface area contributed by atoms with Crippen LogP contribution in [0.4, 0.5) is 10.5 Å². The number of amides is 2. The second-order valence-corrected chi connectivity index (χ2v) is 7.15. The van der Waals surface area contributed by atoms with Crippen LogP contribution in [-0.2, 0) is 10.8 Å². The molecule has 1 N–H and O–H groups in total. The van der Waals surface area contributed by atoms with E-state index in [4.69, 9.17) is 0 Å². The molecule has 2 amide bonds. The van der Waals surface area contributed by atoms with E-state index in [1.807, 2.05) is 6.92 Å². The SMILES string of the molecule is CCNC(=O)[N]c1cc(C(C)(C)CC)ccc1C(C)(C)CC. The van der Waals surface area contributed by atoms with Crippen molar-refractivity contribution in [2.24, 2.45) is 0 Å². The Labute approximate surface area is 135 Å². The number of carbonyl (C=O) groups excluding carboxylic acids is 1. The maximum Gasteiger partial charge on any atom is 0.341 e. The molecule has 0 heterocycles. The number of hydrogen-bond acceptors (Lipinski definition) is 1. The van der Waals surface area contributed by atoms with Gasteiger partial charge in [-0.15, -0.1) is 0 Å². The third kappa shape index (κ3) is 4.25. The lowest BCUT2D eigenvalue weighted by Crippen LogP contribution is -2.29. The fourth-order valence-corrected chi connectivity index (χ4v) is 2.31. The van der Waals surface area contributed by atoms with Crippen LogP contribution in [0.15, 0.2) is 18.2 Å². The van der Waals surface area contributed by atoms with E-state index >= 15 is 0 Å². The Kier molecular flexibility index (Phi) is 6.04. The minimum absolute atomic E-state index is 0.000214. The van der Waals surface area contributed by atoms with E-state index in [9.17, 15) is 4.79 Å². The van der Waals surface area contributed by atoms with Crippen molar-refractivity contribution in [1.82, 2.24) is 10.6 Å². The van der Waals surface area contributed by atoms with Crippen molar-refractivity contribution in [3.63, 3.8) is 0 Å². The van der Waals surface area contributed by atoms with Crippen molar-refractivity contribution < 1.29 is 4.79 Å². The van der Waals surface area contributed by atoms with E-state index in [1.165, 1.54) is 5.56 Å². The van der Waals surface area contributed by atoms with Crippen LogP contribution in [-0.4, -0.2) is 12.6 Å². The van der Waals surface area contributed by atoms with Crippen molar-refractivity contribution in [2.75, 3.05) is 6.54 Å². The van der Waals surface area contributed by atoms with Crippen LogP contribution in [0, 0.1) is 0 Å². The summed E-state index contributed by atoms with van der Waals surface area (Å²) >= 11 is 0. The lowest BCUT2D eigenvalue weighted by Gasteiger charge is -2.29. The van der Waals surface area contributed by atoms with Gasteiger partial charge in [-0.2, -0.15) is 5.32 Å². The molecule has 0 atom stereocenters. The number of carbonyl (C=O) groups is 1. The van der Waals surface area contributed by atoms with Crippen molar-refractivity contribution in [2.45, 2.75) is 72.1 Å². The first-order valence-electron chi connectivity index (χ1n) is 8.32. The lowest BCUT2D eigenvalue weighted by atomic mass is 9.77. The van der Waals surface area contributed by atoms with E-state index in [-0.39, 0.29) is 16.9 Å². The molecule has 0 saturated carbocycles. The normalized spacial score (nSPS) is 12.1. The largest absolute Gasteiger partial charge is 0.341 e. The van der Waals surface area contributed by atoms with E-state index in [0.29, 0.717) is 6.54 Å². The summed E-state index contributed by atoms with van der Waals surface area (Å²) in [5.41, 5.74) is 3.25. The maximum absolute atomic E-state index is 11.9. The van der Waals surface area contributed by atoms with Gasteiger partial charge in [-0.05, 0) is 47.8 Å². The van der Waals surface area contributed by atoms with Gasteiger partial charge in [-0.25, -0.2) is 4.79 Å². The minimum atomic E-state index is -0.262. The zero-order chi connectivity index (χ0) is 17.0. The smallest absolute Gasteiger partial charge is 0.336 e. The predicted octanol–water partition coefficient (Wildman–Crippen LogP) is 5.03. The second-order valence-electron chi connectivity index (χ2n) is 7.15. The van der Waals surface area contributed by atoms with Gasteiger partial charge in [0.05, 0.1) is 5.69 Å². The van der Waals surface area contributed by atoms with Crippen LogP contribution >= 0.6 is 0 Å². The second kappa shape index (κ2) is 7.17. The molecule has 0 aromatic heterocycles. The molecule has 0 fully saturated rings. The summed E-state index contributed by atoms with van der Waals surface area (Å²) < 4.78 is 0. The highest BCUT2D eigenvalue weighted by molar-refractivity contribution is 5.80. The molecule has 0 spiro atoms. The Bertz CT molecular complexity index is 518. The molecular weight excluding hydrogens is 272 g/mol. The minimum Gasteiger partial charge on any atom is -0.336 e. The van der Waals surface area contributed by atoms with E-state index < -0.39 is 0 Å². The third-order valence-corrected chi connectivity index (χ3v) is 4.83. The Morgan fingerprint density at radius 3 is 2.14 bits per heavy atom. The molecule has 1 rings (SSSR count). The van der Waals surface area contributed by atoms with Gasteiger partial charge in [-0.1, -0.05) is 53.7 Å². The summed E-state index contributed by atoms with van der Waals surface area (Å²) in [6.45, 7) is 15.7. The topological polar surface area (TPSA) is 43.2 Å². The Morgan fingerprint density at radius 1 is 1.05 bits per heavy atom. The number of urea groups is 1. The zero-order valence-corrected chi connectivity index (χ0v) is 15.2. The number of nitrogens with one attached hydrogen (secondary N) is 1. The maximum atomic E-state index is 11.9. The Balaban J connectivity index is 3.31. The monoisotopic (exact) mass is 303 g/mol. The Hall–Kier alpha value is -1.51. The molecule has 0 unspecified atom stereocenters. The Morgan fingerprint density at radius 2 is 1.64 bits per heavy atom. The lowest BCUT2D eigenvalue weighted by molar-refractivity contribution is 0.244. The van der Waals surface area contributed by atoms with E-state index in [1.54, 1.807) is 0 Å². The van der Waals surface area contributed by atoms with Gasteiger partial charge in [0.1, 0.15) is 0 Å².